The lowest BCUT2D eigenvalue weighted by molar-refractivity contribution is -0.130. The van der Waals surface area contributed by atoms with Crippen molar-refractivity contribution in [3.8, 4) is 0 Å². The van der Waals surface area contributed by atoms with Crippen LogP contribution in [-0.2, 0) is 11.2 Å². The molecule has 0 unspecified atom stereocenters. The Bertz CT molecular complexity index is 492. The van der Waals surface area contributed by atoms with E-state index in [9.17, 15) is 9.59 Å². The number of nitrogens with one attached hydrogen (secondary N) is 2. The van der Waals surface area contributed by atoms with Gasteiger partial charge in [0.1, 0.15) is 11.6 Å². The Labute approximate surface area is 112 Å². The molecule has 1 amide bonds. The van der Waals surface area contributed by atoms with E-state index < -0.39 is 0 Å². The smallest absolute Gasteiger partial charge is 0.252 e. The predicted molar refractivity (Wildman–Crippen MR) is 73.2 cm³/mol. The molecule has 1 aromatic heterocycles. The largest absolute Gasteiger partial charge is 0.361 e. The number of hydrogen-bond donors (Lipinski definition) is 2. The van der Waals surface area contributed by atoms with Crippen molar-refractivity contribution in [1.29, 1.82) is 0 Å². The van der Waals surface area contributed by atoms with Gasteiger partial charge in [-0.3, -0.25) is 9.59 Å². The van der Waals surface area contributed by atoms with Gasteiger partial charge >= 0.3 is 0 Å². The van der Waals surface area contributed by atoms with Crippen molar-refractivity contribution in [2.75, 3.05) is 25.0 Å². The zero-order chi connectivity index (χ0) is 13.7. The van der Waals surface area contributed by atoms with Crippen molar-refractivity contribution >= 4 is 11.7 Å². The summed E-state index contributed by atoms with van der Waals surface area (Å²) in [6, 6.07) is 1.38. The maximum atomic E-state index is 12.0. The number of aromatic nitrogens is 2. The molecule has 1 aromatic rings. The van der Waals surface area contributed by atoms with E-state index in [0.717, 1.165) is 25.9 Å². The quantitative estimate of drug-likeness (QED) is 0.841. The molecule has 1 fully saturated rings. The summed E-state index contributed by atoms with van der Waals surface area (Å²) in [6.45, 7) is 3.79. The van der Waals surface area contributed by atoms with Gasteiger partial charge in [0.25, 0.3) is 5.56 Å². The van der Waals surface area contributed by atoms with Crippen LogP contribution in [0.1, 0.15) is 32.0 Å². The Morgan fingerprint density at radius 1 is 1.42 bits per heavy atom. The average molecular weight is 264 g/mol. The first-order chi connectivity index (χ1) is 9.19. The molecule has 2 rings (SSSR count). The maximum Gasteiger partial charge on any atom is 0.252 e. The molecule has 19 heavy (non-hydrogen) atoms. The van der Waals surface area contributed by atoms with E-state index in [1.807, 2.05) is 11.8 Å². The number of carbonyl (C=O) groups is 1. The Kier molecular flexibility index (Phi) is 4.54. The van der Waals surface area contributed by atoms with Crippen molar-refractivity contribution in [3.63, 3.8) is 0 Å². The molecule has 1 aliphatic rings. The van der Waals surface area contributed by atoms with E-state index >= 15 is 0 Å². The fourth-order valence-electron chi connectivity index (χ4n) is 2.19. The van der Waals surface area contributed by atoms with Crippen molar-refractivity contribution < 1.29 is 4.79 Å². The van der Waals surface area contributed by atoms with Gasteiger partial charge < -0.3 is 15.2 Å². The molecular weight excluding hydrogens is 244 g/mol. The van der Waals surface area contributed by atoms with E-state index in [1.54, 1.807) is 0 Å². The van der Waals surface area contributed by atoms with Gasteiger partial charge in [-0.2, -0.15) is 0 Å². The van der Waals surface area contributed by atoms with Gasteiger partial charge in [-0.15, -0.1) is 0 Å². The van der Waals surface area contributed by atoms with Crippen molar-refractivity contribution in [3.05, 3.63) is 22.2 Å². The summed E-state index contributed by atoms with van der Waals surface area (Å²) < 4.78 is 0. The van der Waals surface area contributed by atoms with E-state index in [-0.39, 0.29) is 18.0 Å². The number of aromatic amines is 1. The first kappa shape index (κ1) is 13.6. The lowest BCUT2D eigenvalue weighted by Crippen LogP contribution is -2.39. The highest BCUT2D eigenvalue weighted by atomic mass is 16.2. The van der Waals surface area contributed by atoms with Gasteiger partial charge in [0.2, 0.25) is 5.91 Å². The monoisotopic (exact) mass is 264 g/mol. The fraction of sp³-hybridized carbons (Fsp3) is 0.615. The number of nitrogens with zero attached hydrogens (tertiary/aromatic N) is 2. The Morgan fingerprint density at radius 2 is 2.16 bits per heavy atom. The van der Waals surface area contributed by atoms with Crippen LogP contribution in [0.2, 0.25) is 0 Å². The summed E-state index contributed by atoms with van der Waals surface area (Å²) in [5, 5.41) is 2.93. The number of rotatable bonds is 4. The average Bonchev–Trinajstić information content (AvgIpc) is 2.45. The van der Waals surface area contributed by atoms with Crippen LogP contribution in [0.15, 0.2) is 10.9 Å². The summed E-state index contributed by atoms with van der Waals surface area (Å²) in [7, 11) is 0. The third-order valence-corrected chi connectivity index (χ3v) is 3.26. The highest BCUT2D eigenvalue weighted by Crippen LogP contribution is 2.09. The Balaban J connectivity index is 1.92. The van der Waals surface area contributed by atoms with Crippen LogP contribution in [0.25, 0.3) is 0 Å². The van der Waals surface area contributed by atoms with Crippen LogP contribution >= 0.6 is 0 Å². The van der Waals surface area contributed by atoms with Crippen molar-refractivity contribution in [2.45, 2.75) is 32.6 Å². The van der Waals surface area contributed by atoms with Crippen molar-refractivity contribution in [2.24, 2.45) is 0 Å². The summed E-state index contributed by atoms with van der Waals surface area (Å²) >= 11 is 0. The van der Waals surface area contributed by atoms with Gasteiger partial charge in [-0.1, -0.05) is 6.92 Å². The van der Waals surface area contributed by atoms with E-state index in [2.05, 4.69) is 15.3 Å². The molecule has 6 nitrogen and oxygen atoms in total. The van der Waals surface area contributed by atoms with E-state index in [1.165, 1.54) is 12.5 Å². The molecule has 104 valence electrons. The van der Waals surface area contributed by atoms with Crippen LogP contribution in [0.5, 0.6) is 0 Å². The predicted octanol–water partition coefficient (Wildman–Crippen LogP) is 0.757. The number of carbonyl (C=O) groups excluding carboxylic acids is 1. The third kappa shape index (κ3) is 3.81. The SMILES string of the molecule is CCc1nc(NCC(=O)N2CCCCC2)cc(=O)[nH]1. The normalized spacial score (nSPS) is 15.3. The summed E-state index contributed by atoms with van der Waals surface area (Å²) in [6.07, 6.45) is 4.02. The standard InChI is InChI=1S/C13H20N4O2/c1-2-10-15-11(8-12(18)16-10)14-9-13(19)17-6-4-3-5-7-17/h8H,2-7,9H2,1H3,(H2,14,15,16,18). The highest BCUT2D eigenvalue weighted by Gasteiger charge is 2.16. The van der Waals surface area contributed by atoms with Gasteiger partial charge in [0, 0.05) is 25.6 Å². The number of aryl methyl sites for hydroxylation is 1. The van der Waals surface area contributed by atoms with Crippen LogP contribution in [0, 0.1) is 0 Å². The molecule has 0 aromatic carbocycles. The molecule has 0 spiro atoms. The number of anilines is 1. The fourth-order valence-corrected chi connectivity index (χ4v) is 2.19. The molecule has 2 N–H and O–H groups in total. The second-order valence-corrected chi connectivity index (χ2v) is 4.73. The van der Waals surface area contributed by atoms with Crippen molar-refractivity contribution in [1.82, 2.24) is 14.9 Å². The number of amides is 1. The van der Waals surface area contributed by atoms with Crippen LogP contribution in [0.3, 0.4) is 0 Å². The maximum absolute atomic E-state index is 12.0. The van der Waals surface area contributed by atoms with Crippen LogP contribution in [-0.4, -0.2) is 40.4 Å². The number of hydrogen-bond acceptors (Lipinski definition) is 4. The topological polar surface area (TPSA) is 78.1 Å². The molecule has 0 atom stereocenters. The first-order valence-electron chi connectivity index (χ1n) is 6.81. The lowest BCUT2D eigenvalue weighted by Gasteiger charge is -2.26. The molecule has 0 saturated carbocycles. The van der Waals surface area contributed by atoms with E-state index in [4.69, 9.17) is 0 Å². The second kappa shape index (κ2) is 6.36. The number of piperidine rings is 1. The molecule has 1 aliphatic heterocycles. The third-order valence-electron chi connectivity index (χ3n) is 3.26. The molecule has 0 radical (unpaired) electrons. The van der Waals surface area contributed by atoms with Gasteiger partial charge in [0.15, 0.2) is 0 Å². The summed E-state index contributed by atoms with van der Waals surface area (Å²) in [5.74, 6) is 1.16. The van der Waals surface area contributed by atoms with Gasteiger partial charge in [-0.25, -0.2) is 4.98 Å². The molecule has 2 heterocycles. The molecule has 0 aliphatic carbocycles. The molecular formula is C13H20N4O2. The molecule has 1 saturated heterocycles. The summed E-state index contributed by atoms with van der Waals surface area (Å²) in [5.41, 5.74) is -0.195. The van der Waals surface area contributed by atoms with E-state index in [0.29, 0.717) is 18.1 Å². The van der Waals surface area contributed by atoms with Gasteiger partial charge in [-0.05, 0) is 19.3 Å². The second-order valence-electron chi connectivity index (χ2n) is 4.73. The lowest BCUT2D eigenvalue weighted by atomic mass is 10.1. The van der Waals surface area contributed by atoms with Crippen LogP contribution < -0.4 is 10.9 Å². The number of likely N-dealkylation sites (tertiary alicyclic amines) is 1. The highest BCUT2D eigenvalue weighted by molar-refractivity contribution is 5.80. The minimum Gasteiger partial charge on any atom is -0.361 e. The Morgan fingerprint density at radius 3 is 2.84 bits per heavy atom. The minimum absolute atomic E-state index is 0.0693. The first-order valence-corrected chi connectivity index (χ1v) is 6.81. The summed E-state index contributed by atoms with van der Waals surface area (Å²) in [4.78, 5) is 32.1. The number of H-pyrrole nitrogens is 1. The zero-order valence-corrected chi connectivity index (χ0v) is 11.2. The molecule has 6 heteroatoms. The zero-order valence-electron chi connectivity index (χ0n) is 11.2. The molecule has 0 bridgehead atoms. The van der Waals surface area contributed by atoms with Gasteiger partial charge in [0.05, 0.1) is 6.54 Å². The Hall–Kier alpha value is -1.85. The minimum atomic E-state index is -0.195. The van der Waals surface area contributed by atoms with Crippen LogP contribution in [0.4, 0.5) is 5.82 Å².